The molecule has 0 amide bonds. The molecule has 0 spiro atoms. The summed E-state index contributed by atoms with van der Waals surface area (Å²) in [5, 5.41) is 0.727. The Labute approximate surface area is 175 Å². The van der Waals surface area contributed by atoms with E-state index in [-0.39, 0.29) is 0 Å². The Morgan fingerprint density at radius 2 is 1.62 bits per heavy atom. The molecular formula is C24H21ClN2O2. The Kier molecular flexibility index (Phi) is 5.82. The van der Waals surface area contributed by atoms with Gasteiger partial charge >= 0.3 is 0 Å². The van der Waals surface area contributed by atoms with Crippen LogP contribution in [-0.4, -0.2) is 23.3 Å². The van der Waals surface area contributed by atoms with Gasteiger partial charge in [-0.15, -0.1) is 0 Å². The predicted molar refractivity (Wildman–Crippen MR) is 119 cm³/mol. The van der Waals surface area contributed by atoms with Crippen LogP contribution in [0.2, 0.25) is 5.02 Å². The zero-order valence-electron chi connectivity index (χ0n) is 16.1. The van der Waals surface area contributed by atoms with Gasteiger partial charge in [0.15, 0.2) is 0 Å². The van der Waals surface area contributed by atoms with Crippen LogP contribution < -0.4 is 9.47 Å². The Bertz CT molecular complexity index is 1120. The summed E-state index contributed by atoms with van der Waals surface area (Å²) in [6, 6.07) is 23.5. The molecule has 1 heterocycles. The molecule has 0 fully saturated rings. The fourth-order valence-corrected chi connectivity index (χ4v) is 3.25. The largest absolute Gasteiger partial charge is 0.497 e. The standard InChI is InChI=1S/C24H21ClN2O2/c1-28-20-11-13-21(14-12-20)29-17-16-27-23-5-3-2-4-22(23)26-24(27)15-8-18-6-9-19(25)10-7-18/h2-15H,16-17H2,1H3/b15-8+. The molecule has 0 aliphatic carbocycles. The fourth-order valence-electron chi connectivity index (χ4n) is 3.13. The van der Waals surface area contributed by atoms with Crippen LogP contribution in [0.4, 0.5) is 0 Å². The van der Waals surface area contributed by atoms with Gasteiger partial charge in [0, 0.05) is 5.02 Å². The molecule has 0 saturated heterocycles. The second-order valence-electron chi connectivity index (χ2n) is 6.52. The van der Waals surface area contributed by atoms with E-state index >= 15 is 0 Å². The van der Waals surface area contributed by atoms with E-state index in [4.69, 9.17) is 26.1 Å². The van der Waals surface area contributed by atoms with Gasteiger partial charge in [-0.05, 0) is 60.2 Å². The molecule has 4 aromatic rings. The van der Waals surface area contributed by atoms with E-state index in [1.165, 1.54) is 0 Å². The number of fused-ring (bicyclic) bond motifs is 1. The number of rotatable bonds is 7. The van der Waals surface area contributed by atoms with Crippen LogP contribution in [-0.2, 0) is 6.54 Å². The Morgan fingerprint density at radius 1 is 0.897 bits per heavy atom. The summed E-state index contributed by atoms with van der Waals surface area (Å²) in [6.45, 7) is 1.22. The zero-order chi connectivity index (χ0) is 20.1. The van der Waals surface area contributed by atoms with Crippen molar-refractivity contribution in [3.05, 3.63) is 89.2 Å². The van der Waals surface area contributed by atoms with Gasteiger partial charge < -0.3 is 14.0 Å². The highest BCUT2D eigenvalue weighted by Gasteiger charge is 2.08. The van der Waals surface area contributed by atoms with E-state index in [2.05, 4.69) is 10.6 Å². The third-order valence-corrected chi connectivity index (χ3v) is 4.87. The lowest BCUT2D eigenvalue weighted by atomic mass is 10.2. The summed E-state index contributed by atoms with van der Waals surface area (Å²) >= 11 is 5.97. The van der Waals surface area contributed by atoms with E-state index in [1.807, 2.05) is 78.9 Å². The number of benzene rings is 3. The van der Waals surface area contributed by atoms with Crippen LogP contribution in [0.25, 0.3) is 23.2 Å². The second-order valence-corrected chi connectivity index (χ2v) is 6.96. The van der Waals surface area contributed by atoms with Gasteiger partial charge in [-0.2, -0.15) is 0 Å². The van der Waals surface area contributed by atoms with Crippen molar-refractivity contribution in [2.24, 2.45) is 0 Å². The van der Waals surface area contributed by atoms with E-state index in [1.54, 1.807) is 7.11 Å². The SMILES string of the molecule is COc1ccc(OCCn2c(/C=C/c3ccc(Cl)cc3)nc3ccccc32)cc1. The van der Waals surface area contributed by atoms with E-state index < -0.39 is 0 Å². The molecule has 4 rings (SSSR count). The number of nitrogens with zero attached hydrogens (tertiary/aromatic N) is 2. The first-order chi connectivity index (χ1) is 14.2. The Hall–Kier alpha value is -3.24. The van der Waals surface area contributed by atoms with Crippen molar-refractivity contribution in [1.82, 2.24) is 9.55 Å². The lowest BCUT2D eigenvalue weighted by Gasteiger charge is -2.10. The summed E-state index contributed by atoms with van der Waals surface area (Å²) in [5.41, 5.74) is 3.12. The summed E-state index contributed by atoms with van der Waals surface area (Å²) < 4.78 is 13.3. The average Bonchev–Trinajstić information content (AvgIpc) is 3.11. The van der Waals surface area contributed by atoms with E-state index in [0.717, 1.165) is 38.9 Å². The van der Waals surface area contributed by atoms with Crippen molar-refractivity contribution in [2.45, 2.75) is 6.54 Å². The minimum absolute atomic E-state index is 0.536. The minimum atomic E-state index is 0.536. The maximum atomic E-state index is 5.97. The Morgan fingerprint density at radius 3 is 2.38 bits per heavy atom. The molecule has 0 N–H and O–H groups in total. The summed E-state index contributed by atoms with van der Waals surface area (Å²) in [6.07, 6.45) is 4.06. The van der Waals surface area contributed by atoms with Crippen molar-refractivity contribution >= 4 is 34.8 Å². The van der Waals surface area contributed by atoms with Crippen molar-refractivity contribution < 1.29 is 9.47 Å². The van der Waals surface area contributed by atoms with Crippen molar-refractivity contribution in [2.75, 3.05) is 13.7 Å². The molecule has 0 aliphatic rings. The van der Waals surface area contributed by atoms with Crippen molar-refractivity contribution in [3.63, 3.8) is 0 Å². The van der Waals surface area contributed by atoms with Gasteiger partial charge in [0.05, 0.1) is 24.7 Å². The third kappa shape index (κ3) is 4.61. The topological polar surface area (TPSA) is 36.3 Å². The second kappa shape index (κ2) is 8.84. The molecule has 0 bridgehead atoms. The molecule has 0 radical (unpaired) electrons. The fraction of sp³-hybridized carbons (Fsp3) is 0.125. The number of halogens is 1. The molecule has 1 aromatic heterocycles. The molecule has 5 heteroatoms. The molecule has 0 atom stereocenters. The molecule has 0 unspecified atom stereocenters. The Balaban J connectivity index is 1.53. The van der Waals surface area contributed by atoms with Gasteiger partial charge in [-0.25, -0.2) is 4.98 Å². The van der Waals surface area contributed by atoms with Gasteiger partial charge in [0.1, 0.15) is 23.9 Å². The minimum Gasteiger partial charge on any atom is -0.497 e. The van der Waals surface area contributed by atoms with Crippen LogP contribution in [0.15, 0.2) is 72.8 Å². The van der Waals surface area contributed by atoms with Crippen LogP contribution >= 0.6 is 11.6 Å². The van der Waals surface area contributed by atoms with Gasteiger partial charge in [-0.3, -0.25) is 0 Å². The molecule has 146 valence electrons. The molecule has 0 aliphatic heterocycles. The van der Waals surface area contributed by atoms with E-state index in [0.29, 0.717) is 13.2 Å². The summed E-state index contributed by atoms with van der Waals surface area (Å²) in [4.78, 5) is 4.77. The highest BCUT2D eigenvalue weighted by atomic mass is 35.5. The number of hydrogen-bond donors (Lipinski definition) is 0. The maximum absolute atomic E-state index is 5.97. The number of aromatic nitrogens is 2. The maximum Gasteiger partial charge on any atom is 0.133 e. The average molecular weight is 405 g/mol. The smallest absolute Gasteiger partial charge is 0.133 e. The monoisotopic (exact) mass is 404 g/mol. The third-order valence-electron chi connectivity index (χ3n) is 4.62. The first-order valence-electron chi connectivity index (χ1n) is 9.39. The van der Waals surface area contributed by atoms with Crippen LogP contribution in [0.3, 0.4) is 0 Å². The van der Waals surface area contributed by atoms with Crippen LogP contribution in [0.5, 0.6) is 11.5 Å². The normalized spacial score (nSPS) is 11.2. The first-order valence-corrected chi connectivity index (χ1v) is 9.76. The number of hydrogen-bond acceptors (Lipinski definition) is 3. The predicted octanol–water partition coefficient (Wildman–Crippen LogP) is 5.95. The lowest BCUT2D eigenvalue weighted by molar-refractivity contribution is 0.299. The number of para-hydroxylation sites is 2. The number of methoxy groups -OCH3 is 1. The van der Waals surface area contributed by atoms with Crippen molar-refractivity contribution in [1.29, 1.82) is 0 Å². The quantitative estimate of drug-likeness (QED) is 0.382. The van der Waals surface area contributed by atoms with E-state index in [9.17, 15) is 0 Å². The van der Waals surface area contributed by atoms with Crippen LogP contribution in [0.1, 0.15) is 11.4 Å². The zero-order valence-corrected chi connectivity index (χ0v) is 16.8. The van der Waals surface area contributed by atoms with Gasteiger partial charge in [0.2, 0.25) is 0 Å². The van der Waals surface area contributed by atoms with Gasteiger partial charge in [0.25, 0.3) is 0 Å². The number of imidazole rings is 1. The first kappa shape index (κ1) is 19.1. The van der Waals surface area contributed by atoms with Crippen LogP contribution in [0, 0.1) is 0 Å². The summed E-state index contributed by atoms with van der Waals surface area (Å²) in [7, 11) is 1.65. The molecule has 3 aromatic carbocycles. The molecule has 29 heavy (non-hydrogen) atoms. The molecule has 0 saturated carbocycles. The number of ether oxygens (including phenoxy) is 2. The highest BCUT2D eigenvalue weighted by molar-refractivity contribution is 6.30. The molecule has 4 nitrogen and oxygen atoms in total. The lowest BCUT2D eigenvalue weighted by Crippen LogP contribution is -2.09. The van der Waals surface area contributed by atoms with Gasteiger partial charge in [-0.1, -0.05) is 41.9 Å². The van der Waals surface area contributed by atoms with Crippen molar-refractivity contribution in [3.8, 4) is 11.5 Å². The summed E-state index contributed by atoms with van der Waals surface area (Å²) in [5.74, 6) is 2.51. The highest BCUT2D eigenvalue weighted by Crippen LogP contribution is 2.20. The molecular weight excluding hydrogens is 384 g/mol.